The van der Waals surface area contributed by atoms with E-state index in [0.717, 1.165) is 0 Å². The molecular weight excluding hydrogens is 220 g/mol. The van der Waals surface area contributed by atoms with Crippen LogP contribution in [0.3, 0.4) is 0 Å². The predicted octanol–water partition coefficient (Wildman–Crippen LogP) is 3.31. The standard InChI is InChI=1S/C11H12ClF2N/c12-9-3-1-2-8(6-9)10(15)4-5-11(13,14)7-10/h1-3,6H,4-5,7,15H2. The highest BCUT2D eigenvalue weighted by atomic mass is 35.5. The molecule has 0 radical (unpaired) electrons. The lowest BCUT2D eigenvalue weighted by atomic mass is 9.89. The topological polar surface area (TPSA) is 26.0 Å². The molecule has 1 aromatic rings. The Morgan fingerprint density at radius 3 is 2.53 bits per heavy atom. The number of benzene rings is 1. The van der Waals surface area contributed by atoms with E-state index in [1.807, 2.05) is 0 Å². The Labute approximate surface area is 92.2 Å². The molecule has 1 aromatic carbocycles. The van der Waals surface area contributed by atoms with Gasteiger partial charge in [0.15, 0.2) is 0 Å². The van der Waals surface area contributed by atoms with E-state index in [4.69, 9.17) is 17.3 Å². The van der Waals surface area contributed by atoms with E-state index in [1.165, 1.54) is 0 Å². The largest absolute Gasteiger partial charge is 0.321 e. The second-order valence-electron chi connectivity index (χ2n) is 4.20. The third-order valence-electron chi connectivity index (χ3n) is 2.91. The molecule has 0 amide bonds. The lowest BCUT2D eigenvalue weighted by molar-refractivity contribution is 0.00291. The molecular formula is C11H12ClF2N. The fraction of sp³-hybridized carbons (Fsp3) is 0.455. The maximum Gasteiger partial charge on any atom is 0.250 e. The lowest BCUT2D eigenvalue weighted by Crippen LogP contribution is -2.35. The van der Waals surface area contributed by atoms with Crippen LogP contribution in [-0.2, 0) is 5.54 Å². The van der Waals surface area contributed by atoms with Crippen LogP contribution in [0, 0.1) is 0 Å². The van der Waals surface area contributed by atoms with Crippen molar-refractivity contribution in [1.29, 1.82) is 0 Å². The van der Waals surface area contributed by atoms with Crippen LogP contribution >= 0.6 is 11.6 Å². The van der Waals surface area contributed by atoms with Crippen LogP contribution < -0.4 is 5.73 Å². The first-order valence-electron chi connectivity index (χ1n) is 4.84. The van der Waals surface area contributed by atoms with Crippen LogP contribution in [0.5, 0.6) is 0 Å². The van der Waals surface area contributed by atoms with Crippen molar-refractivity contribution in [2.75, 3.05) is 0 Å². The fourth-order valence-corrected chi connectivity index (χ4v) is 2.28. The zero-order chi connectivity index (χ0) is 11.1. The predicted molar refractivity (Wildman–Crippen MR) is 56.1 cm³/mol. The van der Waals surface area contributed by atoms with Crippen molar-refractivity contribution in [1.82, 2.24) is 0 Å². The zero-order valence-corrected chi connectivity index (χ0v) is 8.90. The Balaban J connectivity index is 2.31. The summed E-state index contributed by atoms with van der Waals surface area (Å²) in [6.45, 7) is 0. The van der Waals surface area contributed by atoms with Crippen molar-refractivity contribution in [2.24, 2.45) is 5.73 Å². The minimum atomic E-state index is -2.64. The van der Waals surface area contributed by atoms with Gasteiger partial charge in [-0.05, 0) is 24.1 Å². The number of nitrogens with two attached hydrogens (primary N) is 1. The first-order valence-corrected chi connectivity index (χ1v) is 5.22. The van der Waals surface area contributed by atoms with Gasteiger partial charge in [0.2, 0.25) is 5.92 Å². The summed E-state index contributed by atoms with van der Waals surface area (Å²) < 4.78 is 26.2. The highest BCUT2D eigenvalue weighted by Gasteiger charge is 2.48. The second-order valence-corrected chi connectivity index (χ2v) is 4.64. The molecule has 2 rings (SSSR count). The van der Waals surface area contributed by atoms with Crippen LogP contribution in [0.15, 0.2) is 24.3 Å². The lowest BCUT2D eigenvalue weighted by Gasteiger charge is -2.24. The molecule has 0 aromatic heterocycles. The molecule has 1 aliphatic rings. The highest BCUT2D eigenvalue weighted by molar-refractivity contribution is 6.30. The molecule has 1 nitrogen and oxygen atoms in total. The molecule has 0 saturated heterocycles. The SMILES string of the molecule is NC1(c2cccc(Cl)c2)CCC(F)(F)C1. The van der Waals surface area contributed by atoms with Gasteiger partial charge in [-0.2, -0.15) is 0 Å². The minimum absolute atomic E-state index is 0.143. The van der Waals surface area contributed by atoms with Gasteiger partial charge in [-0.1, -0.05) is 23.7 Å². The number of hydrogen-bond donors (Lipinski definition) is 1. The Morgan fingerprint density at radius 1 is 1.27 bits per heavy atom. The molecule has 82 valence electrons. The quantitative estimate of drug-likeness (QED) is 0.789. The van der Waals surface area contributed by atoms with Gasteiger partial charge >= 0.3 is 0 Å². The van der Waals surface area contributed by atoms with Crippen molar-refractivity contribution in [2.45, 2.75) is 30.7 Å². The van der Waals surface area contributed by atoms with E-state index < -0.39 is 11.5 Å². The van der Waals surface area contributed by atoms with Crippen molar-refractivity contribution < 1.29 is 8.78 Å². The summed E-state index contributed by atoms with van der Waals surface area (Å²) in [6, 6.07) is 6.88. The molecule has 15 heavy (non-hydrogen) atoms. The van der Waals surface area contributed by atoms with E-state index >= 15 is 0 Å². The zero-order valence-electron chi connectivity index (χ0n) is 8.14. The number of rotatable bonds is 1. The van der Waals surface area contributed by atoms with Gasteiger partial charge in [-0.15, -0.1) is 0 Å². The molecule has 1 atom stereocenters. The van der Waals surface area contributed by atoms with Crippen molar-refractivity contribution >= 4 is 11.6 Å². The van der Waals surface area contributed by atoms with E-state index in [1.54, 1.807) is 24.3 Å². The van der Waals surface area contributed by atoms with Crippen LogP contribution in [0.4, 0.5) is 8.78 Å². The van der Waals surface area contributed by atoms with Gasteiger partial charge in [0.1, 0.15) is 0 Å². The van der Waals surface area contributed by atoms with Gasteiger partial charge in [0.25, 0.3) is 0 Å². The van der Waals surface area contributed by atoms with Crippen molar-refractivity contribution in [3.63, 3.8) is 0 Å². The number of hydrogen-bond acceptors (Lipinski definition) is 1. The normalized spacial score (nSPS) is 29.3. The van der Waals surface area contributed by atoms with Crippen LogP contribution in [0.1, 0.15) is 24.8 Å². The Hall–Kier alpha value is -0.670. The summed E-state index contributed by atoms with van der Waals surface area (Å²) in [7, 11) is 0. The molecule has 2 N–H and O–H groups in total. The van der Waals surface area contributed by atoms with Gasteiger partial charge < -0.3 is 5.73 Å². The highest BCUT2D eigenvalue weighted by Crippen LogP contribution is 2.45. The fourth-order valence-electron chi connectivity index (χ4n) is 2.09. The first-order chi connectivity index (χ1) is 6.91. The summed E-state index contributed by atoms with van der Waals surface area (Å²) in [6.07, 6.45) is -0.128. The molecule has 0 heterocycles. The first kappa shape index (κ1) is 10.8. The third kappa shape index (κ3) is 2.13. The maximum absolute atomic E-state index is 13.1. The van der Waals surface area contributed by atoms with E-state index in [2.05, 4.69) is 0 Å². The molecule has 4 heteroatoms. The van der Waals surface area contributed by atoms with Crippen LogP contribution in [0.2, 0.25) is 5.02 Å². The van der Waals surface area contributed by atoms with Crippen LogP contribution in [0.25, 0.3) is 0 Å². The van der Waals surface area contributed by atoms with E-state index in [9.17, 15) is 8.78 Å². The van der Waals surface area contributed by atoms with Gasteiger partial charge in [-0.3, -0.25) is 0 Å². The summed E-state index contributed by atoms with van der Waals surface area (Å²) in [5.41, 5.74) is 5.77. The number of alkyl halides is 2. The molecule has 1 aliphatic carbocycles. The summed E-state index contributed by atoms with van der Waals surface area (Å²) in [5.74, 6) is -2.64. The second kappa shape index (κ2) is 3.42. The Kier molecular flexibility index (Phi) is 2.47. The van der Waals surface area contributed by atoms with Gasteiger partial charge in [-0.25, -0.2) is 8.78 Å². The monoisotopic (exact) mass is 231 g/mol. The van der Waals surface area contributed by atoms with Crippen molar-refractivity contribution in [3.8, 4) is 0 Å². The van der Waals surface area contributed by atoms with E-state index in [-0.39, 0.29) is 12.8 Å². The molecule has 1 fully saturated rings. The maximum atomic E-state index is 13.1. The molecule has 0 bridgehead atoms. The summed E-state index contributed by atoms with van der Waals surface area (Å²) >= 11 is 5.81. The smallest absolute Gasteiger partial charge is 0.250 e. The van der Waals surface area contributed by atoms with Gasteiger partial charge in [0.05, 0.1) is 0 Å². The van der Waals surface area contributed by atoms with Crippen LogP contribution in [-0.4, -0.2) is 5.92 Å². The average Bonchev–Trinajstić information content (AvgIpc) is 2.42. The summed E-state index contributed by atoms with van der Waals surface area (Å²) in [5, 5.41) is 0.535. The molecule has 1 unspecified atom stereocenters. The Bertz CT molecular complexity index is 381. The Morgan fingerprint density at radius 2 is 2.00 bits per heavy atom. The average molecular weight is 232 g/mol. The van der Waals surface area contributed by atoms with Gasteiger partial charge in [0, 0.05) is 23.4 Å². The molecule has 0 aliphatic heterocycles. The molecule has 1 saturated carbocycles. The summed E-state index contributed by atoms with van der Waals surface area (Å²) in [4.78, 5) is 0. The third-order valence-corrected chi connectivity index (χ3v) is 3.15. The molecule has 0 spiro atoms. The van der Waals surface area contributed by atoms with E-state index in [0.29, 0.717) is 17.0 Å². The minimum Gasteiger partial charge on any atom is -0.321 e. The number of halogens is 3. The van der Waals surface area contributed by atoms with Crippen molar-refractivity contribution in [3.05, 3.63) is 34.9 Å².